The summed E-state index contributed by atoms with van der Waals surface area (Å²) in [6.07, 6.45) is 3.02. The first-order valence-corrected chi connectivity index (χ1v) is 7.05. The van der Waals surface area contributed by atoms with Gasteiger partial charge in [-0.15, -0.1) is 0 Å². The number of aromatic carboxylic acids is 1. The predicted octanol–water partition coefficient (Wildman–Crippen LogP) is 0.626. The van der Waals surface area contributed by atoms with Crippen molar-refractivity contribution in [1.29, 1.82) is 0 Å². The number of hydrogen-bond acceptors (Lipinski definition) is 5. The molecule has 1 rings (SSSR count). The number of hydrogen-bond donors (Lipinski definition) is 2. The molecule has 0 spiro atoms. The molecule has 7 heteroatoms. The van der Waals surface area contributed by atoms with Crippen molar-refractivity contribution in [3.05, 3.63) is 23.9 Å². The van der Waals surface area contributed by atoms with Crippen LogP contribution in [0.1, 0.15) is 16.8 Å². The second kappa shape index (κ2) is 5.62. The molecule has 0 radical (unpaired) electrons. The lowest BCUT2D eigenvalue weighted by Crippen LogP contribution is -2.10. The first kappa shape index (κ1) is 13.4. The molecule has 0 bridgehead atoms. The molecular weight excluding hydrogens is 244 g/mol. The average Bonchev–Trinajstić information content (AvgIpc) is 2.23. The maximum Gasteiger partial charge on any atom is 0.335 e. The number of carboxylic acids is 1. The van der Waals surface area contributed by atoms with Gasteiger partial charge in [-0.3, -0.25) is 0 Å². The third-order valence-electron chi connectivity index (χ3n) is 2.00. The van der Waals surface area contributed by atoms with Crippen LogP contribution in [0.5, 0.6) is 0 Å². The maximum atomic E-state index is 10.9. The minimum atomic E-state index is -2.95. The first-order valence-electron chi connectivity index (χ1n) is 4.99. The van der Waals surface area contributed by atoms with Crippen LogP contribution >= 0.6 is 0 Å². The van der Waals surface area contributed by atoms with Crippen LogP contribution in [-0.2, 0) is 9.84 Å². The molecule has 0 aromatic carbocycles. The fraction of sp³-hybridized carbons (Fsp3) is 0.400. The van der Waals surface area contributed by atoms with Crippen molar-refractivity contribution in [1.82, 2.24) is 4.98 Å². The van der Waals surface area contributed by atoms with Gasteiger partial charge in [-0.1, -0.05) is 0 Å². The molecule has 6 nitrogen and oxygen atoms in total. The van der Waals surface area contributed by atoms with Gasteiger partial charge in [-0.05, 0) is 18.6 Å². The lowest BCUT2D eigenvalue weighted by Gasteiger charge is -2.05. The lowest BCUT2D eigenvalue weighted by atomic mass is 10.2. The van der Waals surface area contributed by atoms with Gasteiger partial charge in [0.05, 0.1) is 11.3 Å². The Morgan fingerprint density at radius 3 is 2.82 bits per heavy atom. The highest BCUT2D eigenvalue weighted by Gasteiger charge is 2.04. The van der Waals surface area contributed by atoms with Crippen molar-refractivity contribution < 1.29 is 18.3 Å². The Morgan fingerprint density at radius 2 is 2.24 bits per heavy atom. The second-order valence-electron chi connectivity index (χ2n) is 3.65. The normalized spacial score (nSPS) is 11.1. The van der Waals surface area contributed by atoms with Crippen molar-refractivity contribution >= 4 is 21.6 Å². The number of anilines is 1. The predicted molar refractivity (Wildman–Crippen MR) is 64.0 cm³/mol. The summed E-state index contributed by atoms with van der Waals surface area (Å²) in [5.41, 5.74) is 0.144. The molecule has 0 amide bonds. The van der Waals surface area contributed by atoms with Gasteiger partial charge < -0.3 is 10.4 Å². The topological polar surface area (TPSA) is 96.4 Å². The number of sulfone groups is 1. The van der Waals surface area contributed by atoms with E-state index >= 15 is 0 Å². The number of nitrogens with one attached hydrogen (secondary N) is 1. The van der Waals surface area contributed by atoms with Gasteiger partial charge in [0.15, 0.2) is 0 Å². The van der Waals surface area contributed by atoms with Gasteiger partial charge in [0.25, 0.3) is 0 Å². The molecule has 0 atom stereocenters. The van der Waals surface area contributed by atoms with E-state index in [1.165, 1.54) is 24.6 Å². The van der Waals surface area contributed by atoms with Crippen LogP contribution in [-0.4, -0.2) is 43.0 Å². The van der Waals surface area contributed by atoms with Crippen LogP contribution in [0.2, 0.25) is 0 Å². The number of nitrogens with zero attached hydrogens (tertiary/aromatic N) is 1. The van der Waals surface area contributed by atoms with Crippen molar-refractivity contribution in [3.8, 4) is 0 Å². The van der Waals surface area contributed by atoms with E-state index in [0.29, 0.717) is 18.8 Å². The zero-order valence-corrected chi connectivity index (χ0v) is 10.2. The fourth-order valence-electron chi connectivity index (χ4n) is 1.21. The molecule has 0 aliphatic rings. The van der Waals surface area contributed by atoms with Crippen molar-refractivity contribution in [3.63, 3.8) is 0 Å². The highest BCUT2D eigenvalue weighted by atomic mass is 32.2. The molecule has 0 fully saturated rings. The average molecular weight is 258 g/mol. The van der Waals surface area contributed by atoms with Crippen LogP contribution in [0.15, 0.2) is 18.3 Å². The molecule has 0 aliphatic heterocycles. The molecule has 1 heterocycles. The Balaban J connectivity index is 2.47. The molecule has 0 unspecified atom stereocenters. The minimum absolute atomic E-state index is 0.0959. The Morgan fingerprint density at radius 1 is 1.53 bits per heavy atom. The SMILES string of the molecule is CS(=O)(=O)CCCNc1cc(C(=O)O)ccn1. The Kier molecular flexibility index (Phi) is 4.45. The standard InChI is InChI=1S/C10H14N2O4S/c1-17(15,16)6-2-4-11-9-7-8(10(13)14)3-5-12-9/h3,5,7H,2,4,6H2,1H3,(H,11,12)(H,13,14). The number of aromatic nitrogens is 1. The van der Waals surface area contributed by atoms with E-state index in [1.54, 1.807) is 0 Å². The minimum Gasteiger partial charge on any atom is -0.478 e. The molecule has 1 aromatic rings. The number of pyridine rings is 1. The van der Waals surface area contributed by atoms with E-state index in [1.807, 2.05) is 0 Å². The summed E-state index contributed by atoms with van der Waals surface area (Å²) in [5.74, 6) is -0.497. The zero-order chi connectivity index (χ0) is 12.9. The van der Waals surface area contributed by atoms with Crippen molar-refractivity contribution in [2.24, 2.45) is 0 Å². The molecule has 94 valence electrons. The van der Waals surface area contributed by atoms with E-state index < -0.39 is 15.8 Å². The maximum absolute atomic E-state index is 10.9. The largest absolute Gasteiger partial charge is 0.478 e. The molecule has 1 aromatic heterocycles. The van der Waals surface area contributed by atoms with E-state index in [0.717, 1.165) is 0 Å². The van der Waals surface area contributed by atoms with Gasteiger partial charge in [-0.25, -0.2) is 18.2 Å². The summed E-state index contributed by atoms with van der Waals surface area (Å²) in [4.78, 5) is 14.6. The Bertz CT molecular complexity index is 499. The van der Waals surface area contributed by atoms with E-state index in [-0.39, 0.29) is 11.3 Å². The summed E-state index contributed by atoms with van der Waals surface area (Å²) in [6, 6.07) is 2.80. The lowest BCUT2D eigenvalue weighted by molar-refractivity contribution is 0.0697. The summed E-state index contributed by atoms with van der Waals surface area (Å²) in [7, 11) is -2.95. The van der Waals surface area contributed by atoms with Crippen LogP contribution in [0.3, 0.4) is 0 Å². The highest BCUT2D eigenvalue weighted by molar-refractivity contribution is 7.90. The van der Waals surface area contributed by atoms with Crippen LogP contribution in [0.4, 0.5) is 5.82 Å². The van der Waals surface area contributed by atoms with Crippen LogP contribution < -0.4 is 5.32 Å². The van der Waals surface area contributed by atoms with Gasteiger partial charge in [0, 0.05) is 19.0 Å². The molecule has 17 heavy (non-hydrogen) atoms. The Labute approximate surface area is 99.6 Å². The number of carboxylic acid groups (broad SMARTS) is 1. The third kappa shape index (κ3) is 5.30. The fourth-order valence-corrected chi connectivity index (χ4v) is 1.88. The first-order chi connectivity index (χ1) is 7.88. The van der Waals surface area contributed by atoms with E-state index in [9.17, 15) is 13.2 Å². The molecule has 0 saturated carbocycles. The van der Waals surface area contributed by atoms with Crippen LogP contribution in [0.25, 0.3) is 0 Å². The van der Waals surface area contributed by atoms with Crippen LogP contribution in [0, 0.1) is 0 Å². The third-order valence-corrected chi connectivity index (χ3v) is 3.04. The quantitative estimate of drug-likeness (QED) is 0.726. The number of carbonyl (C=O) groups is 1. The summed E-state index contributed by atoms with van der Waals surface area (Å²) < 4.78 is 21.7. The Hall–Kier alpha value is -1.63. The van der Waals surface area contributed by atoms with Gasteiger partial charge in [-0.2, -0.15) is 0 Å². The molecule has 0 aliphatic carbocycles. The monoisotopic (exact) mass is 258 g/mol. The number of rotatable bonds is 6. The highest BCUT2D eigenvalue weighted by Crippen LogP contribution is 2.06. The smallest absolute Gasteiger partial charge is 0.335 e. The molecular formula is C10H14N2O4S. The van der Waals surface area contributed by atoms with Gasteiger partial charge >= 0.3 is 5.97 Å². The second-order valence-corrected chi connectivity index (χ2v) is 5.90. The zero-order valence-electron chi connectivity index (χ0n) is 9.38. The van der Waals surface area contributed by atoms with Gasteiger partial charge in [0.1, 0.15) is 15.7 Å². The van der Waals surface area contributed by atoms with E-state index in [4.69, 9.17) is 5.11 Å². The van der Waals surface area contributed by atoms with Gasteiger partial charge in [0.2, 0.25) is 0 Å². The summed E-state index contributed by atoms with van der Waals surface area (Å²) in [6.45, 7) is 0.434. The van der Waals surface area contributed by atoms with E-state index in [2.05, 4.69) is 10.3 Å². The molecule has 2 N–H and O–H groups in total. The van der Waals surface area contributed by atoms with Crippen molar-refractivity contribution in [2.45, 2.75) is 6.42 Å². The molecule has 0 saturated heterocycles. The summed E-state index contributed by atoms with van der Waals surface area (Å²) in [5, 5.41) is 11.6. The van der Waals surface area contributed by atoms with Crippen molar-refractivity contribution in [2.75, 3.05) is 23.9 Å². The summed E-state index contributed by atoms with van der Waals surface area (Å²) >= 11 is 0.